The standard InChI is InChI=1S/C18H24O2/c1-15(2)16(3)10-6-5-9-13-20-18(19)14-17-11-7-4-8-12-17/h4-5,7-9,11-12H,6,10,13-14H2,1-3H3/b9-5+. The minimum absolute atomic E-state index is 0.179. The van der Waals surface area contributed by atoms with E-state index < -0.39 is 0 Å². The van der Waals surface area contributed by atoms with E-state index in [0.29, 0.717) is 13.0 Å². The van der Waals surface area contributed by atoms with E-state index in [2.05, 4.69) is 26.8 Å². The minimum Gasteiger partial charge on any atom is -0.461 e. The lowest BCUT2D eigenvalue weighted by Crippen LogP contribution is -2.07. The van der Waals surface area contributed by atoms with Crippen LogP contribution in [0.2, 0.25) is 0 Å². The third-order valence-electron chi connectivity index (χ3n) is 3.24. The van der Waals surface area contributed by atoms with Crippen LogP contribution in [0.25, 0.3) is 0 Å². The average Bonchev–Trinajstić information content (AvgIpc) is 2.43. The van der Waals surface area contributed by atoms with Crippen LogP contribution < -0.4 is 0 Å². The first-order valence-corrected chi connectivity index (χ1v) is 7.07. The summed E-state index contributed by atoms with van der Waals surface area (Å²) < 4.78 is 5.16. The molecular weight excluding hydrogens is 248 g/mol. The van der Waals surface area contributed by atoms with Crippen LogP contribution in [0.15, 0.2) is 53.6 Å². The van der Waals surface area contributed by atoms with Gasteiger partial charge in [-0.2, -0.15) is 0 Å². The number of hydrogen-bond acceptors (Lipinski definition) is 2. The van der Waals surface area contributed by atoms with E-state index in [0.717, 1.165) is 18.4 Å². The molecule has 0 radical (unpaired) electrons. The van der Waals surface area contributed by atoms with Gasteiger partial charge in [0, 0.05) is 0 Å². The van der Waals surface area contributed by atoms with Crippen molar-refractivity contribution in [3.05, 3.63) is 59.2 Å². The molecule has 0 aliphatic heterocycles. The van der Waals surface area contributed by atoms with Gasteiger partial charge in [0.25, 0.3) is 0 Å². The maximum absolute atomic E-state index is 11.6. The summed E-state index contributed by atoms with van der Waals surface area (Å²) in [7, 11) is 0. The summed E-state index contributed by atoms with van der Waals surface area (Å²) in [5.41, 5.74) is 3.80. The van der Waals surface area contributed by atoms with Crippen LogP contribution in [-0.4, -0.2) is 12.6 Å². The Labute approximate surface area is 122 Å². The molecule has 108 valence electrons. The van der Waals surface area contributed by atoms with Crippen LogP contribution in [0, 0.1) is 0 Å². The molecule has 0 saturated heterocycles. The topological polar surface area (TPSA) is 26.3 Å². The van der Waals surface area contributed by atoms with Crippen LogP contribution in [0.1, 0.15) is 39.2 Å². The van der Waals surface area contributed by atoms with Crippen molar-refractivity contribution in [3.63, 3.8) is 0 Å². The fraction of sp³-hybridized carbons (Fsp3) is 0.389. The van der Waals surface area contributed by atoms with E-state index in [9.17, 15) is 4.79 Å². The fourth-order valence-corrected chi connectivity index (χ4v) is 1.69. The highest BCUT2D eigenvalue weighted by Gasteiger charge is 2.02. The molecule has 2 nitrogen and oxygen atoms in total. The maximum Gasteiger partial charge on any atom is 0.310 e. The Bertz CT molecular complexity index is 465. The van der Waals surface area contributed by atoms with E-state index in [-0.39, 0.29) is 5.97 Å². The second-order valence-electron chi connectivity index (χ2n) is 5.14. The van der Waals surface area contributed by atoms with Crippen molar-refractivity contribution in [2.45, 2.75) is 40.0 Å². The molecule has 0 heterocycles. The zero-order valence-corrected chi connectivity index (χ0v) is 12.7. The van der Waals surface area contributed by atoms with Gasteiger partial charge in [0.05, 0.1) is 6.42 Å². The molecule has 0 N–H and O–H groups in total. The van der Waals surface area contributed by atoms with E-state index >= 15 is 0 Å². The largest absolute Gasteiger partial charge is 0.461 e. The summed E-state index contributed by atoms with van der Waals surface area (Å²) in [5, 5.41) is 0. The Balaban J connectivity index is 2.18. The Morgan fingerprint density at radius 2 is 1.80 bits per heavy atom. The molecule has 0 aromatic heterocycles. The Kier molecular flexibility index (Phi) is 7.41. The zero-order valence-electron chi connectivity index (χ0n) is 12.7. The van der Waals surface area contributed by atoms with Crippen LogP contribution >= 0.6 is 0 Å². The molecule has 1 rings (SSSR count). The van der Waals surface area contributed by atoms with Crippen molar-refractivity contribution < 1.29 is 9.53 Å². The molecule has 0 atom stereocenters. The summed E-state index contributed by atoms with van der Waals surface area (Å²) in [6, 6.07) is 9.65. The Morgan fingerprint density at radius 1 is 1.10 bits per heavy atom. The normalized spacial score (nSPS) is 10.6. The number of ether oxygens (including phenoxy) is 1. The van der Waals surface area contributed by atoms with Crippen molar-refractivity contribution in [3.8, 4) is 0 Å². The molecule has 0 unspecified atom stereocenters. The highest BCUT2D eigenvalue weighted by Crippen LogP contribution is 2.09. The second kappa shape index (κ2) is 9.13. The van der Waals surface area contributed by atoms with Crippen LogP contribution in [0.4, 0.5) is 0 Å². The molecule has 0 bridgehead atoms. The molecule has 20 heavy (non-hydrogen) atoms. The van der Waals surface area contributed by atoms with E-state index in [1.54, 1.807) is 0 Å². The van der Waals surface area contributed by atoms with Crippen LogP contribution in [0.3, 0.4) is 0 Å². The lowest BCUT2D eigenvalue weighted by molar-refractivity contribution is -0.141. The van der Waals surface area contributed by atoms with Crippen molar-refractivity contribution in [1.82, 2.24) is 0 Å². The van der Waals surface area contributed by atoms with Gasteiger partial charge >= 0.3 is 5.97 Å². The second-order valence-corrected chi connectivity index (χ2v) is 5.14. The lowest BCUT2D eigenvalue weighted by atomic mass is 10.1. The van der Waals surface area contributed by atoms with E-state index in [1.165, 1.54) is 11.1 Å². The summed E-state index contributed by atoms with van der Waals surface area (Å²) in [6.45, 7) is 6.78. The van der Waals surface area contributed by atoms with Gasteiger partial charge in [0.2, 0.25) is 0 Å². The van der Waals surface area contributed by atoms with Crippen molar-refractivity contribution >= 4 is 5.97 Å². The highest BCUT2D eigenvalue weighted by molar-refractivity contribution is 5.72. The third kappa shape index (κ3) is 6.93. The number of carbonyl (C=O) groups is 1. The molecule has 0 amide bonds. The lowest BCUT2D eigenvalue weighted by Gasteiger charge is -2.02. The van der Waals surface area contributed by atoms with Crippen LogP contribution in [-0.2, 0) is 16.0 Å². The smallest absolute Gasteiger partial charge is 0.310 e. The van der Waals surface area contributed by atoms with Gasteiger partial charge in [-0.3, -0.25) is 4.79 Å². The monoisotopic (exact) mass is 272 g/mol. The van der Waals surface area contributed by atoms with E-state index in [4.69, 9.17) is 4.74 Å². The number of allylic oxidation sites excluding steroid dienone is 3. The summed E-state index contributed by atoms with van der Waals surface area (Å²) in [6.07, 6.45) is 6.39. The molecule has 2 heteroatoms. The number of benzene rings is 1. The van der Waals surface area contributed by atoms with Crippen molar-refractivity contribution in [2.75, 3.05) is 6.61 Å². The number of esters is 1. The first-order chi connectivity index (χ1) is 9.59. The summed E-state index contributed by atoms with van der Waals surface area (Å²) in [4.78, 5) is 11.6. The molecule has 0 aliphatic rings. The molecule has 0 spiro atoms. The molecule has 0 aliphatic carbocycles. The third-order valence-corrected chi connectivity index (χ3v) is 3.24. The summed E-state index contributed by atoms with van der Waals surface area (Å²) in [5.74, 6) is -0.179. The zero-order chi connectivity index (χ0) is 14.8. The predicted octanol–water partition coefficient (Wildman–Crippen LogP) is 4.47. The van der Waals surface area contributed by atoms with Gasteiger partial charge in [0.15, 0.2) is 0 Å². The molecule has 0 fully saturated rings. The summed E-state index contributed by atoms with van der Waals surface area (Å²) >= 11 is 0. The fourth-order valence-electron chi connectivity index (χ4n) is 1.69. The van der Waals surface area contributed by atoms with Gasteiger partial charge < -0.3 is 4.74 Å². The Hall–Kier alpha value is -1.83. The van der Waals surface area contributed by atoms with Crippen LogP contribution in [0.5, 0.6) is 0 Å². The van der Waals surface area contributed by atoms with Gasteiger partial charge in [-0.1, -0.05) is 53.6 Å². The molecule has 1 aromatic rings. The number of carbonyl (C=O) groups excluding carboxylic acids is 1. The molecular formula is C18H24O2. The van der Waals surface area contributed by atoms with E-state index in [1.807, 2.05) is 36.4 Å². The minimum atomic E-state index is -0.179. The van der Waals surface area contributed by atoms with Crippen molar-refractivity contribution in [1.29, 1.82) is 0 Å². The van der Waals surface area contributed by atoms with Gasteiger partial charge in [-0.25, -0.2) is 0 Å². The maximum atomic E-state index is 11.6. The quantitative estimate of drug-likeness (QED) is 0.541. The van der Waals surface area contributed by atoms with Gasteiger partial charge in [-0.05, 0) is 39.2 Å². The number of rotatable bonds is 7. The van der Waals surface area contributed by atoms with Gasteiger partial charge in [-0.15, -0.1) is 0 Å². The first-order valence-electron chi connectivity index (χ1n) is 7.07. The number of hydrogen-bond donors (Lipinski definition) is 0. The predicted molar refractivity (Wildman–Crippen MR) is 83.5 cm³/mol. The SMILES string of the molecule is CC(C)=C(C)CC/C=C/COC(=O)Cc1ccccc1. The molecule has 0 saturated carbocycles. The average molecular weight is 272 g/mol. The first kappa shape index (κ1) is 16.2. The van der Waals surface area contributed by atoms with Gasteiger partial charge in [0.1, 0.15) is 6.61 Å². The van der Waals surface area contributed by atoms with Crippen molar-refractivity contribution in [2.24, 2.45) is 0 Å². The molecule has 1 aromatic carbocycles. The Morgan fingerprint density at radius 3 is 2.45 bits per heavy atom. The highest BCUT2D eigenvalue weighted by atomic mass is 16.5.